The number of halogens is 5. The molecule has 2 aromatic carbocycles. The first-order chi connectivity index (χ1) is 15.1. The number of aromatic nitrogens is 2. The number of hydrogen-bond donors (Lipinski definition) is 2. The standard InChI is InChI=1S/C21H17ClF4N4O2/c1-12-17(18(22)30(29-12)16-8-6-15(23)7-9-16)20(32)28-11-10-27-19(31)13-2-4-14(5-3-13)21(24,25)26/h2-9H,10-11H2,1H3,(H,27,31)(H,28,32). The van der Waals surface area contributed by atoms with E-state index in [1.165, 1.54) is 28.9 Å². The molecule has 0 unspecified atom stereocenters. The maximum Gasteiger partial charge on any atom is 0.416 e. The van der Waals surface area contributed by atoms with Gasteiger partial charge in [0.25, 0.3) is 11.8 Å². The predicted octanol–water partition coefficient (Wildman–Crippen LogP) is 4.15. The van der Waals surface area contributed by atoms with Crippen molar-refractivity contribution in [3.05, 3.63) is 81.9 Å². The molecule has 0 aliphatic carbocycles. The number of aryl methyl sites for hydroxylation is 1. The summed E-state index contributed by atoms with van der Waals surface area (Å²) in [7, 11) is 0. The van der Waals surface area contributed by atoms with Crippen molar-refractivity contribution in [2.75, 3.05) is 13.1 Å². The van der Waals surface area contributed by atoms with E-state index in [0.717, 1.165) is 24.3 Å². The van der Waals surface area contributed by atoms with E-state index in [4.69, 9.17) is 11.6 Å². The minimum Gasteiger partial charge on any atom is -0.350 e. The van der Waals surface area contributed by atoms with Crippen molar-refractivity contribution in [1.29, 1.82) is 0 Å². The zero-order chi connectivity index (χ0) is 23.5. The van der Waals surface area contributed by atoms with Gasteiger partial charge >= 0.3 is 6.18 Å². The molecule has 0 atom stereocenters. The van der Waals surface area contributed by atoms with Crippen molar-refractivity contribution in [3.8, 4) is 5.69 Å². The molecule has 2 N–H and O–H groups in total. The first-order valence-electron chi connectivity index (χ1n) is 9.32. The molecule has 0 radical (unpaired) electrons. The van der Waals surface area contributed by atoms with Gasteiger partial charge in [-0.05, 0) is 55.5 Å². The number of benzene rings is 2. The molecule has 0 spiro atoms. The summed E-state index contributed by atoms with van der Waals surface area (Å²) >= 11 is 6.28. The summed E-state index contributed by atoms with van der Waals surface area (Å²) in [6, 6.07) is 9.19. The van der Waals surface area contributed by atoms with Gasteiger partial charge in [0, 0.05) is 18.7 Å². The van der Waals surface area contributed by atoms with Crippen LogP contribution < -0.4 is 10.6 Å². The van der Waals surface area contributed by atoms with Crippen LogP contribution >= 0.6 is 11.6 Å². The molecular weight excluding hydrogens is 452 g/mol. The smallest absolute Gasteiger partial charge is 0.350 e. The third kappa shape index (κ3) is 5.25. The Hall–Kier alpha value is -3.40. The van der Waals surface area contributed by atoms with Gasteiger partial charge in [0.1, 0.15) is 11.0 Å². The normalized spacial score (nSPS) is 11.3. The average molecular weight is 469 g/mol. The molecule has 6 nitrogen and oxygen atoms in total. The van der Waals surface area contributed by atoms with Gasteiger partial charge in [-0.2, -0.15) is 18.3 Å². The second-order valence-corrected chi connectivity index (χ2v) is 7.08. The Bertz CT molecular complexity index is 1130. The largest absolute Gasteiger partial charge is 0.416 e. The molecule has 1 heterocycles. The van der Waals surface area contributed by atoms with Crippen molar-refractivity contribution in [1.82, 2.24) is 20.4 Å². The van der Waals surface area contributed by atoms with Crippen LogP contribution in [0.15, 0.2) is 48.5 Å². The molecule has 32 heavy (non-hydrogen) atoms. The summed E-state index contributed by atoms with van der Waals surface area (Å²) in [5, 5.41) is 9.34. The van der Waals surface area contributed by atoms with Crippen LogP contribution in [0.3, 0.4) is 0 Å². The van der Waals surface area contributed by atoms with Gasteiger partial charge in [-0.3, -0.25) is 9.59 Å². The van der Waals surface area contributed by atoms with Crippen LogP contribution in [-0.4, -0.2) is 34.7 Å². The molecule has 0 bridgehead atoms. The topological polar surface area (TPSA) is 76.0 Å². The Morgan fingerprint density at radius 3 is 2.09 bits per heavy atom. The number of carbonyl (C=O) groups is 2. The summed E-state index contributed by atoms with van der Waals surface area (Å²) in [6.45, 7) is 1.67. The van der Waals surface area contributed by atoms with Crippen molar-refractivity contribution < 1.29 is 27.2 Å². The fourth-order valence-electron chi connectivity index (χ4n) is 2.86. The maximum absolute atomic E-state index is 13.1. The summed E-state index contributed by atoms with van der Waals surface area (Å²) in [5.41, 5.74) is 0.163. The quantitative estimate of drug-likeness (QED) is 0.421. The molecule has 0 aliphatic rings. The van der Waals surface area contributed by atoms with Crippen molar-refractivity contribution in [2.24, 2.45) is 0 Å². The Labute approximate surface area is 185 Å². The van der Waals surface area contributed by atoms with E-state index in [-0.39, 0.29) is 29.4 Å². The van der Waals surface area contributed by atoms with Gasteiger partial charge in [0.2, 0.25) is 0 Å². The van der Waals surface area contributed by atoms with Gasteiger partial charge in [-0.1, -0.05) is 11.6 Å². The predicted molar refractivity (Wildman–Crippen MR) is 109 cm³/mol. The van der Waals surface area contributed by atoms with Crippen molar-refractivity contribution in [2.45, 2.75) is 13.1 Å². The highest BCUT2D eigenvalue weighted by atomic mass is 35.5. The molecule has 1 aromatic heterocycles. The third-order valence-electron chi connectivity index (χ3n) is 4.47. The van der Waals surface area contributed by atoms with E-state index >= 15 is 0 Å². The van der Waals surface area contributed by atoms with Gasteiger partial charge in [0.15, 0.2) is 0 Å². The Morgan fingerprint density at radius 1 is 0.969 bits per heavy atom. The van der Waals surface area contributed by atoms with Crippen molar-refractivity contribution >= 4 is 23.4 Å². The molecule has 3 rings (SSSR count). The lowest BCUT2D eigenvalue weighted by molar-refractivity contribution is -0.137. The molecule has 0 saturated carbocycles. The van der Waals surface area contributed by atoms with Gasteiger partial charge in [0.05, 0.1) is 22.5 Å². The fraction of sp³-hybridized carbons (Fsp3) is 0.190. The molecule has 2 amide bonds. The van der Waals surface area contributed by atoms with E-state index in [2.05, 4.69) is 15.7 Å². The lowest BCUT2D eigenvalue weighted by Gasteiger charge is -2.09. The van der Waals surface area contributed by atoms with Gasteiger partial charge in [-0.25, -0.2) is 9.07 Å². The summed E-state index contributed by atoms with van der Waals surface area (Å²) in [6.07, 6.45) is -4.48. The van der Waals surface area contributed by atoms with E-state index in [1.54, 1.807) is 6.92 Å². The number of amides is 2. The number of nitrogens with zero attached hydrogens (tertiary/aromatic N) is 2. The lowest BCUT2D eigenvalue weighted by atomic mass is 10.1. The third-order valence-corrected chi connectivity index (χ3v) is 4.82. The number of hydrogen-bond acceptors (Lipinski definition) is 3. The van der Waals surface area contributed by atoms with E-state index < -0.39 is 29.4 Å². The average Bonchev–Trinajstić information content (AvgIpc) is 3.05. The highest BCUT2D eigenvalue weighted by Crippen LogP contribution is 2.29. The van der Waals surface area contributed by atoms with E-state index in [0.29, 0.717) is 11.4 Å². The summed E-state index contributed by atoms with van der Waals surface area (Å²) in [4.78, 5) is 24.5. The minimum atomic E-state index is -4.48. The monoisotopic (exact) mass is 468 g/mol. The van der Waals surface area contributed by atoms with E-state index in [1.807, 2.05) is 0 Å². The van der Waals surface area contributed by atoms with E-state index in [9.17, 15) is 27.2 Å². The highest BCUT2D eigenvalue weighted by molar-refractivity contribution is 6.33. The zero-order valence-electron chi connectivity index (χ0n) is 16.6. The number of nitrogens with one attached hydrogen (secondary N) is 2. The second kappa shape index (κ2) is 9.39. The van der Waals surface area contributed by atoms with Crippen LogP contribution in [0.25, 0.3) is 5.69 Å². The summed E-state index contributed by atoms with van der Waals surface area (Å²) in [5.74, 6) is -1.53. The second-order valence-electron chi connectivity index (χ2n) is 6.73. The van der Waals surface area contributed by atoms with Crippen LogP contribution in [-0.2, 0) is 6.18 Å². The fourth-order valence-corrected chi connectivity index (χ4v) is 3.22. The molecular formula is C21H17ClF4N4O2. The Kier molecular flexibility index (Phi) is 6.83. The molecule has 3 aromatic rings. The van der Waals surface area contributed by atoms with Crippen LogP contribution in [0.4, 0.5) is 17.6 Å². The van der Waals surface area contributed by atoms with Gasteiger partial charge < -0.3 is 10.6 Å². The van der Waals surface area contributed by atoms with Crippen LogP contribution in [0, 0.1) is 12.7 Å². The lowest BCUT2D eigenvalue weighted by Crippen LogP contribution is -2.35. The molecule has 11 heteroatoms. The van der Waals surface area contributed by atoms with Crippen LogP contribution in [0.2, 0.25) is 5.15 Å². The molecule has 0 saturated heterocycles. The van der Waals surface area contributed by atoms with Crippen molar-refractivity contribution in [3.63, 3.8) is 0 Å². The Morgan fingerprint density at radius 2 is 1.53 bits per heavy atom. The minimum absolute atomic E-state index is 0.0361. The first-order valence-corrected chi connectivity index (χ1v) is 9.70. The summed E-state index contributed by atoms with van der Waals surface area (Å²) < 4.78 is 52.2. The number of carbonyl (C=O) groups excluding carboxylic acids is 2. The maximum atomic E-state index is 13.1. The molecule has 168 valence electrons. The molecule has 0 fully saturated rings. The number of alkyl halides is 3. The molecule has 0 aliphatic heterocycles. The number of rotatable bonds is 6. The SMILES string of the molecule is Cc1nn(-c2ccc(F)cc2)c(Cl)c1C(=O)NCCNC(=O)c1ccc(C(F)(F)F)cc1. The Balaban J connectivity index is 1.56. The first kappa shape index (κ1) is 23.3. The van der Waals surface area contributed by atoms with Gasteiger partial charge in [-0.15, -0.1) is 0 Å². The zero-order valence-corrected chi connectivity index (χ0v) is 17.4. The highest BCUT2D eigenvalue weighted by Gasteiger charge is 2.30. The van der Waals surface area contributed by atoms with Crippen LogP contribution in [0.1, 0.15) is 32.0 Å². The van der Waals surface area contributed by atoms with Crippen LogP contribution in [0.5, 0.6) is 0 Å².